The van der Waals surface area contributed by atoms with Crippen LogP contribution in [0.15, 0.2) is 30.3 Å². The van der Waals surface area contributed by atoms with Gasteiger partial charge in [-0.05, 0) is 61.6 Å². The minimum absolute atomic E-state index is 0.0471. The predicted molar refractivity (Wildman–Crippen MR) is 124 cm³/mol. The Balaban J connectivity index is 1.10. The quantitative estimate of drug-likeness (QED) is 0.346. The van der Waals surface area contributed by atoms with Crippen LogP contribution in [0.4, 0.5) is 23.4 Å². The first-order chi connectivity index (χ1) is 17.2. The van der Waals surface area contributed by atoms with Crippen LogP contribution in [0.5, 0.6) is 0 Å². The number of rotatable bonds is 3. The Morgan fingerprint density at radius 2 is 1.78 bits per heavy atom. The molecule has 11 heteroatoms. The largest absolute Gasteiger partial charge is 0.420 e. The third-order valence-corrected chi connectivity index (χ3v) is 8.29. The Kier molecular flexibility index (Phi) is 4.77. The zero-order chi connectivity index (χ0) is 24.8. The second-order valence-electron chi connectivity index (χ2n) is 10.7. The van der Waals surface area contributed by atoms with E-state index in [9.17, 15) is 17.6 Å². The number of hydrogen-bond donors (Lipinski definition) is 0. The highest BCUT2D eigenvalue weighted by molar-refractivity contribution is 6.30. The molecule has 2 aliphatic carbocycles. The molecule has 1 saturated heterocycles. The number of aromatic nitrogens is 4. The first-order valence-electron chi connectivity index (χ1n) is 12.1. The van der Waals surface area contributed by atoms with Gasteiger partial charge in [-0.15, -0.1) is 10.2 Å². The highest BCUT2D eigenvalue weighted by Gasteiger charge is 2.54. The van der Waals surface area contributed by atoms with E-state index < -0.39 is 17.7 Å². The maximum absolute atomic E-state index is 13.9. The molecule has 0 N–H and O–H groups in total. The summed E-state index contributed by atoms with van der Waals surface area (Å²) in [7, 11) is 0. The summed E-state index contributed by atoms with van der Waals surface area (Å²) >= 11 is 6.34. The van der Waals surface area contributed by atoms with Gasteiger partial charge in [0.25, 0.3) is 0 Å². The van der Waals surface area contributed by atoms with Crippen molar-refractivity contribution in [3.05, 3.63) is 64.1 Å². The highest BCUT2D eigenvalue weighted by Crippen LogP contribution is 2.56. The number of alkyl halides is 3. The minimum Gasteiger partial charge on any atom is -0.355 e. The summed E-state index contributed by atoms with van der Waals surface area (Å²) in [5, 5.41) is 9.91. The molecule has 2 aliphatic heterocycles. The maximum Gasteiger partial charge on any atom is 0.420 e. The molecule has 2 saturated carbocycles. The van der Waals surface area contributed by atoms with Crippen molar-refractivity contribution in [3.63, 3.8) is 0 Å². The average molecular weight is 519 g/mol. The lowest BCUT2D eigenvalue weighted by Gasteiger charge is -2.59. The summed E-state index contributed by atoms with van der Waals surface area (Å²) in [5.41, 5.74) is 0.969. The van der Waals surface area contributed by atoms with Gasteiger partial charge in [0.05, 0.1) is 12.2 Å². The van der Waals surface area contributed by atoms with Crippen LogP contribution in [-0.4, -0.2) is 43.8 Å². The second kappa shape index (κ2) is 7.64. The maximum atomic E-state index is 13.9. The van der Waals surface area contributed by atoms with Crippen molar-refractivity contribution in [2.24, 2.45) is 5.41 Å². The monoisotopic (exact) mass is 518 g/mol. The number of pyridine rings is 1. The number of anilines is 1. The second-order valence-corrected chi connectivity index (χ2v) is 11.1. The summed E-state index contributed by atoms with van der Waals surface area (Å²) in [5.74, 6) is 0.906. The third kappa shape index (κ3) is 3.60. The van der Waals surface area contributed by atoms with Crippen LogP contribution in [0, 0.1) is 11.4 Å². The average Bonchev–Trinajstić information content (AvgIpc) is 3.54. The highest BCUT2D eigenvalue weighted by atomic mass is 35.5. The Morgan fingerprint density at radius 1 is 1.00 bits per heavy atom. The first kappa shape index (κ1) is 22.5. The van der Waals surface area contributed by atoms with Crippen LogP contribution in [0.2, 0.25) is 5.02 Å². The van der Waals surface area contributed by atoms with Crippen molar-refractivity contribution < 1.29 is 17.6 Å². The molecule has 0 radical (unpaired) electrons. The number of halogens is 5. The van der Waals surface area contributed by atoms with Gasteiger partial charge in [-0.2, -0.15) is 17.6 Å². The van der Waals surface area contributed by atoms with Gasteiger partial charge in [0.2, 0.25) is 5.95 Å². The molecule has 0 amide bonds. The van der Waals surface area contributed by atoms with Gasteiger partial charge >= 0.3 is 6.18 Å². The molecule has 6 nitrogen and oxygen atoms in total. The lowest BCUT2D eigenvalue weighted by atomic mass is 9.57. The summed E-state index contributed by atoms with van der Waals surface area (Å²) in [6, 6.07) is 8.60. The topological polar surface area (TPSA) is 50.1 Å². The summed E-state index contributed by atoms with van der Waals surface area (Å²) in [4.78, 5) is 7.87. The van der Waals surface area contributed by atoms with Crippen molar-refractivity contribution in [1.82, 2.24) is 24.6 Å². The SMILES string of the molecule is Fc1nc(N2CC3(CC(c4nnc5n4-c4ccc(Cl)cc4CN(C4CC4)C5)C3)C2)ccc1C(F)(F)F. The summed E-state index contributed by atoms with van der Waals surface area (Å²) in [6.45, 7) is 2.87. The standard InChI is InChI=1S/C25H23ClF4N6/c26-16-1-5-19-14(7-16)10-34(17-2-3-17)11-21-32-33-23(36(19)21)15-8-24(9-15)12-35(13-24)20-6-4-18(22(27)31-20)25(28,29)30/h1,4-7,15,17H,2-3,8-13H2. The predicted octanol–water partition coefficient (Wildman–Crippen LogP) is 5.34. The molecule has 2 aromatic heterocycles. The van der Waals surface area contributed by atoms with Gasteiger partial charge in [0.15, 0.2) is 5.82 Å². The Bertz CT molecular complexity index is 1350. The first-order valence-corrected chi connectivity index (χ1v) is 12.5. The van der Waals surface area contributed by atoms with E-state index in [4.69, 9.17) is 11.6 Å². The molecule has 3 fully saturated rings. The molecule has 1 aromatic carbocycles. The molecule has 188 valence electrons. The molecule has 36 heavy (non-hydrogen) atoms. The Hall–Kier alpha value is -2.72. The van der Waals surface area contributed by atoms with Gasteiger partial charge < -0.3 is 4.90 Å². The van der Waals surface area contributed by atoms with Gasteiger partial charge in [-0.1, -0.05) is 11.6 Å². The number of hydrogen-bond acceptors (Lipinski definition) is 5. The van der Waals surface area contributed by atoms with Crippen LogP contribution in [0.3, 0.4) is 0 Å². The zero-order valence-electron chi connectivity index (χ0n) is 19.3. The van der Waals surface area contributed by atoms with Crippen LogP contribution >= 0.6 is 11.6 Å². The number of fused-ring (bicyclic) bond motifs is 3. The fourth-order valence-corrected chi connectivity index (χ4v) is 6.37. The van der Waals surface area contributed by atoms with E-state index >= 15 is 0 Å². The molecule has 4 heterocycles. The lowest BCUT2D eigenvalue weighted by Crippen LogP contribution is -2.62. The smallest absolute Gasteiger partial charge is 0.355 e. The fourth-order valence-electron chi connectivity index (χ4n) is 6.18. The van der Waals surface area contributed by atoms with Gasteiger partial charge in [0.1, 0.15) is 17.2 Å². The Morgan fingerprint density at radius 3 is 2.47 bits per heavy atom. The van der Waals surface area contributed by atoms with Crippen LogP contribution in [-0.2, 0) is 19.3 Å². The van der Waals surface area contributed by atoms with Crippen LogP contribution in [0.25, 0.3) is 5.69 Å². The number of benzene rings is 1. The molecule has 7 rings (SSSR count). The summed E-state index contributed by atoms with van der Waals surface area (Å²) < 4.78 is 54.7. The zero-order valence-corrected chi connectivity index (χ0v) is 20.0. The molecule has 0 unspecified atom stereocenters. The molecule has 1 spiro atoms. The van der Waals surface area contributed by atoms with E-state index in [1.807, 2.05) is 17.0 Å². The lowest BCUT2D eigenvalue weighted by molar-refractivity contribution is -0.140. The van der Waals surface area contributed by atoms with E-state index in [-0.39, 0.29) is 17.2 Å². The van der Waals surface area contributed by atoms with E-state index in [1.54, 1.807) is 0 Å². The fraction of sp³-hybridized carbons (Fsp3) is 0.480. The van der Waals surface area contributed by atoms with E-state index in [0.717, 1.165) is 49.3 Å². The normalized spacial score (nSPS) is 21.5. The van der Waals surface area contributed by atoms with E-state index in [0.29, 0.717) is 24.2 Å². The van der Waals surface area contributed by atoms with Crippen molar-refractivity contribution in [3.8, 4) is 5.69 Å². The minimum atomic E-state index is -4.75. The van der Waals surface area contributed by atoms with E-state index in [2.05, 4.69) is 30.7 Å². The number of nitrogens with zero attached hydrogens (tertiary/aromatic N) is 6. The third-order valence-electron chi connectivity index (χ3n) is 8.06. The van der Waals surface area contributed by atoms with Crippen molar-refractivity contribution in [2.75, 3.05) is 18.0 Å². The van der Waals surface area contributed by atoms with Gasteiger partial charge in [-0.25, -0.2) is 4.98 Å². The molecule has 3 aromatic rings. The van der Waals surface area contributed by atoms with Crippen molar-refractivity contribution >= 4 is 17.4 Å². The van der Waals surface area contributed by atoms with Crippen LogP contribution in [0.1, 0.15) is 54.4 Å². The van der Waals surface area contributed by atoms with Gasteiger partial charge in [0, 0.05) is 42.0 Å². The van der Waals surface area contributed by atoms with Crippen molar-refractivity contribution in [1.29, 1.82) is 0 Å². The summed E-state index contributed by atoms with van der Waals surface area (Å²) in [6.07, 6.45) is -0.532. The molecule has 0 atom stereocenters. The molecular formula is C25H23ClF4N6. The van der Waals surface area contributed by atoms with Crippen molar-refractivity contribution in [2.45, 2.75) is 56.9 Å². The van der Waals surface area contributed by atoms with Gasteiger partial charge in [-0.3, -0.25) is 9.47 Å². The molecule has 4 aliphatic rings. The van der Waals surface area contributed by atoms with E-state index in [1.165, 1.54) is 24.5 Å². The molecule has 0 bridgehead atoms. The Labute approximate surface area is 209 Å². The van der Waals surface area contributed by atoms with Crippen LogP contribution < -0.4 is 4.90 Å². The molecular weight excluding hydrogens is 496 g/mol.